The third-order valence-electron chi connectivity index (χ3n) is 4.00. The number of aliphatic hydroxyl groups excluding tert-OH is 1. The van der Waals surface area contributed by atoms with Crippen molar-refractivity contribution in [1.29, 1.82) is 0 Å². The Hall–Kier alpha value is -0.120. The summed E-state index contributed by atoms with van der Waals surface area (Å²) in [6, 6.07) is 0. The zero-order valence-electron chi connectivity index (χ0n) is 14.4. The first-order valence-corrected chi connectivity index (χ1v) is 9.06. The maximum Gasteiger partial charge on any atom is 0.146 e. The van der Waals surface area contributed by atoms with Crippen LogP contribution in [-0.2, 0) is 9.47 Å². The van der Waals surface area contributed by atoms with Crippen LogP contribution in [0, 0.1) is 0 Å². The van der Waals surface area contributed by atoms with E-state index in [2.05, 4.69) is 6.92 Å². The average Bonchev–Trinajstić information content (AvgIpc) is 2.51. The lowest BCUT2D eigenvalue weighted by molar-refractivity contribution is -0.0898. The molecule has 128 valence electrons. The van der Waals surface area contributed by atoms with Crippen LogP contribution in [-0.4, -0.2) is 31.7 Å². The van der Waals surface area contributed by atoms with Crippen molar-refractivity contribution in [2.45, 2.75) is 96.5 Å². The van der Waals surface area contributed by atoms with E-state index in [0.29, 0.717) is 0 Å². The maximum absolute atomic E-state index is 9.15. The van der Waals surface area contributed by atoms with E-state index in [1.807, 2.05) is 0 Å². The van der Waals surface area contributed by atoms with Gasteiger partial charge in [-0.15, -0.1) is 0 Å². The summed E-state index contributed by atoms with van der Waals surface area (Å²) >= 11 is 0. The minimum atomic E-state index is -0.0481. The van der Waals surface area contributed by atoms with Gasteiger partial charge in [0.1, 0.15) is 6.79 Å². The van der Waals surface area contributed by atoms with Gasteiger partial charge in [-0.1, -0.05) is 84.0 Å². The van der Waals surface area contributed by atoms with E-state index in [1.165, 1.54) is 70.6 Å². The van der Waals surface area contributed by atoms with E-state index >= 15 is 0 Å². The molecule has 0 radical (unpaired) electrons. The topological polar surface area (TPSA) is 38.7 Å². The molecule has 0 aromatic rings. The minimum Gasteiger partial charge on any atom is -0.394 e. The van der Waals surface area contributed by atoms with Crippen LogP contribution in [0.25, 0.3) is 0 Å². The molecule has 1 N–H and O–H groups in total. The lowest BCUT2D eigenvalue weighted by Crippen LogP contribution is -2.18. The number of hydrogen-bond acceptors (Lipinski definition) is 3. The van der Waals surface area contributed by atoms with Crippen LogP contribution < -0.4 is 0 Å². The van der Waals surface area contributed by atoms with Gasteiger partial charge in [0.2, 0.25) is 0 Å². The van der Waals surface area contributed by atoms with Crippen LogP contribution in [0.15, 0.2) is 0 Å². The van der Waals surface area contributed by atoms with Crippen molar-refractivity contribution in [3.63, 3.8) is 0 Å². The fourth-order valence-electron chi connectivity index (χ4n) is 2.60. The molecule has 21 heavy (non-hydrogen) atoms. The molecule has 0 unspecified atom stereocenters. The van der Waals surface area contributed by atoms with Gasteiger partial charge < -0.3 is 14.6 Å². The molecule has 3 heteroatoms. The first-order chi connectivity index (χ1) is 10.3. The summed E-state index contributed by atoms with van der Waals surface area (Å²) in [5.74, 6) is 0. The molecule has 0 amide bonds. The number of rotatable bonds is 17. The van der Waals surface area contributed by atoms with E-state index in [0.717, 1.165) is 12.8 Å². The molecular weight excluding hydrogens is 264 g/mol. The first kappa shape index (κ1) is 20.9. The Labute approximate surface area is 132 Å². The molecule has 3 nitrogen and oxygen atoms in total. The molecule has 0 heterocycles. The van der Waals surface area contributed by atoms with E-state index in [4.69, 9.17) is 14.6 Å². The molecule has 0 aliphatic rings. The molecule has 0 spiro atoms. The number of ether oxygens (including phenoxy) is 2. The SMILES string of the molecule is CCCCCCCCCCCCCC[C@@H](CO)OCOC. The fourth-order valence-corrected chi connectivity index (χ4v) is 2.60. The molecule has 0 aromatic carbocycles. The van der Waals surface area contributed by atoms with Gasteiger partial charge in [0.05, 0.1) is 12.7 Å². The summed E-state index contributed by atoms with van der Waals surface area (Å²) in [6.07, 6.45) is 17.2. The molecular formula is C18H38O3. The van der Waals surface area contributed by atoms with E-state index in [9.17, 15) is 0 Å². The molecule has 0 fully saturated rings. The lowest BCUT2D eigenvalue weighted by Gasteiger charge is -2.14. The summed E-state index contributed by atoms with van der Waals surface area (Å²) in [5, 5.41) is 9.15. The van der Waals surface area contributed by atoms with Gasteiger partial charge in [0.25, 0.3) is 0 Å². The van der Waals surface area contributed by atoms with Crippen LogP contribution in [0.1, 0.15) is 90.4 Å². The fraction of sp³-hybridized carbons (Fsp3) is 1.00. The van der Waals surface area contributed by atoms with Crippen LogP contribution in [0.5, 0.6) is 0 Å². The van der Waals surface area contributed by atoms with Crippen molar-refractivity contribution in [3.8, 4) is 0 Å². The highest BCUT2D eigenvalue weighted by Gasteiger charge is 2.06. The zero-order chi connectivity index (χ0) is 15.6. The second kappa shape index (κ2) is 17.9. The normalized spacial score (nSPS) is 12.7. The third kappa shape index (κ3) is 16.1. The number of aliphatic hydroxyl groups is 1. The lowest BCUT2D eigenvalue weighted by atomic mass is 10.0. The average molecular weight is 302 g/mol. The highest BCUT2D eigenvalue weighted by Crippen LogP contribution is 2.13. The molecule has 0 aliphatic heterocycles. The Kier molecular flexibility index (Phi) is 17.8. The van der Waals surface area contributed by atoms with Gasteiger partial charge in [-0.3, -0.25) is 0 Å². The summed E-state index contributed by atoms with van der Waals surface area (Å²) in [5.41, 5.74) is 0. The van der Waals surface area contributed by atoms with Crippen LogP contribution in [0.3, 0.4) is 0 Å². The molecule has 0 aliphatic carbocycles. The van der Waals surface area contributed by atoms with Crippen molar-refractivity contribution in [2.75, 3.05) is 20.5 Å². The Balaban J connectivity index is 3.14. The largest absolute Gasteiger partial charge is 0.394 e. The zero-order valence-corrected chi connectivity index (χ0v) is 14.4. The predicted molar refractivity (Wildman–Crippen MR) is 89.5 cm³/mol. The summed E-state index contributed by atoms with van der Waals surface area (Å²) in [7, 11) is 1.61. The second-order valence-corrected chi connectivity index (χ2v) is 6.06. The maximum atomic E-state index is 9.15. The Morgan fingerprint density at radius 2 is 1.24 bits per heavy atom. The van der Waals surface area contributed by atoms with Crippen molar-refractivity contribution < 1.29 is 14.6 Å². The minimum absolute atomic E-state index is 0.0481. The van der Waals surface area contributed by atoms with Gasteiger partial charge >= 0.3 is 0 Å². The van der Waals surface area contributed by atoms with Gasteiger partial charge in [-0.05, 0) is 6.42 Å². The predicted octanol–water partition coefficient (Wildman–Crippen LogP) is 5.06. The van der Waals surface area contributed by atoms with Crippen molar-refractivity contribution >= 4 is 0 Å². The summed E-state index contributed by atoms with van der Waals surface area (Å²) in [6.45, 7) is 2.65. The molecule has 0 saturated heterocycles. The van der Waals surface area contributed by atoms with Gasteiger partial charge in [-0.2, -0.15) is 0 Å². The van der Waals surface area contributed by atoms with Crippen molar-refractivity contribution in [1.82, 2.24) is 0 Å². The van der Waals surface area contributed by atoms with E-state index < -0.39 is 0 Å². The molecule has 0 aromatic heterocycles. The highest BCUT2D eigenvalue weighted by atomic mass is 16.7. The Bertz CT molecular complexity index is 185. The molecule has 0 bridgehead atoms. The Morgan fingerprint density at radius 1 is 0.762 bits per heavy atom. The van der Waals surface area contributed by atoms with Crippen molar-refractivity contribution in [3.05, 3.63) is 0 Å². The molecule has 1 atom stereocenters. The summed E-state index contributed by atoms with van der Waals surface area (Å²) < 4.78 is 10.2. The number of hydrogen-bond donors (Lipinski definition) is 1. The van der Waals surface area contributed by atoms with Crippen LogP contribution >= 0.6 is 0 Å². The van der Waals surface area contributed by atoms with Gasteiger partial charge in [0, 0.05) is 7.11 Å². The van der Waals surface area contributed by atoms with Gasteiger partial charge in [-0.25, -0.2) is 0 Å². The number of unbranched alkanes of at least 4 members (excludes halogenated alkanes) is 11. The second-order valence-electron chi connectivity index (χ2n) is 6.06. The highest BCUT2D eigenvalue weighted by molar-refractivity contribution is 4.56. The van der Waals surface area contributed by atoms with Crippen LogP contribution in [0.2, 0.25) is 0 Å². The van der Waals surface area contributed by atoms with E-state index in [1.54, 1.807) is 7.11 Å². The van der Waals surface area contributed by atoms with Crippen LogP contribution in [0.4, 0.5) is 0 Å². The van der Waals surface area contributed by atoms with E-state index in [-0.39, 0.29) is 19.5 Å². The van der Waals surface area contributed by atoms with Crippen molar-refractivity contribution in [2.24, 2.45) is 0 Å². The Morgan fingerprint density at radius 3 is 1.67 bits per heavy atom. The summed E-state index contributed by atoms with van der Waals surface area (Å²) in [4.78, 5) is 0. The molecule has 0 rings (SSSR count). The monoisotopic (exact) mass is 302 g/mol. The first-order valence-electron chi connectivity index (χ1n) is 9.06. The quantitative estimate of drug-likeness (QED) is 0.301. The van der Waals surface area contributed by atoms with Gasteiger partial charge in [0.15, 0.2) is 0 Å². The number of methoxy groups -OCH3 is 1. The third-order valence-corrected chi connectivity index (χ3v) is 4.00. The smallest absolute Gasteiger partial charge is 0.146 e. The molecule has 0 saturated carbocycles. The standard InChI is InChI=1S/C18H38O3/c1-3-4-5-6-7-8-9-10-11-12-13-14-15-18(16-19)21-17-20-2/h18-19H,3-17H2,1-2H3/t18-/m0/s1.